The summed E-state index contributed by atoms with van der Waals surface area (Å²) < 4.78 is 13.1. The number of nitrogens with one attached hydrogen (secondary N) is 1. The maximum Gasteiger partial charge on any atom is 0.175 e. The highest BCUT2D eigenvalue weighted by molar-refractivity contribution is 9.10. The van der Waals surface area contributed by atoms with Gasteiger partial charge < -0.3 is 14.8 Å². The molecule has 3 nitrogen and oxygen atoms in total. The summed E-state index contributed by atoms with van der Waals surface area (Å²) in [5.74, 6) is 5.38. The molecule has 4 heteroatoms. The van der Waals surface area contributed by atoms with Crippen LogP contribution in [0.1, 0.15) is 84.7 Å². The molecule has 4 saturated carbocycles. The highest BCUT2D eigenvalue weighted by Crippen LogP contribution is 2.61. The summed E-state index contributed by atoms with van der Waals surface area (Å²) in [6, 6.07) is 20.6. The Morgan fingerprint density at radius 1 is 0.927 bits per heavy atom. The molecular weight excluding hydrogens is 570 g/mol. The van der Waals surface area contributed by atoms with Gasteiger partial charge in [0.25, 0.3) is 0 Å². The van der Waals surface area contributed by atoms with E-state index in [1.54, 1.807) is 12.7 Å². The van der Waals surface area contributed by atoms with E-state index in [0.717, 1.165) is 45.7 Å². The minimum Gasteiger partial charge on any atom is -0.493 e. The maximum atomic E-state index is 6.28. The minimum atomic E-state index is 0.212. The lowest BCUT2D eigenvalue weighted by Gasteiger charge is -2.57. The first-order valence-corrected chi connectivity index (χ1v) is 16.4. The van der Waals surface area contributed by atoms with Gasteiger partial charge in [-0.05, 0) is 137 Å². The molecule has 3 aromatic rings. The normalized spacial score (nSPS) is 32.4. The van der Waals surface area contributed by atoms with E-state index in [2.05, 4.69) is 94.9 Å². The maximum absolute atomic E-state index is 6.28. The van der Waals surface area contributed by atoms with Crippen LogP contribution in [0, 0.1) is 30.6 Å². The van der Waals surface area contributed by atoms with E-state index in [4.69, 9.17) is 9.47 Å². The first kappa shape index (κ1) is 25.9. The lowest BCUT2D eigenvalue weighted by Crippen LogP contribution is -2.48. The second-order valence-electron chi connectivity index (χ2n) is 13.8. The molecule has 1 heterocycles. The predicted molar refractivity (Wildman–Crippen MR) is 169 cm³/mol. The third-order valence-electron chi connectivity index (χ3n) is 11.1. The number of methoxy groups -OCH3 is 1. The van der Waals surface area contributed by atoms with Gasteiger partial charge in [0, 0.05) is 11.6 Å². The number of benzene rings is 3. The van der Waals surface area contributed by atoms with E-state index in [1.807, 2.05) is 0 Å². The highest BCUT2D eigenvalue weighted by Gasteiger charge is 2.52. The molecular formula is C37H40BrNO2. The SMILES string of the molecule is COc1cc([C@@H]2Nc3ccc(C45CC6CC(CC(C6)C4)C5)cc3[C@@H]3C=CC[C@@H]32)cc(Br)c1OCc1ccc(C)cc1. The number of ether oxygens (including phenoxy) is 2. The molecule has 1 aliphatic heterocycles. The van der Waals surface area contributed by atoms with Crippen LogP contribution < -0.4 is 14.8 Å². The number of allylic oxidation sites excluding steroid dienone is 2. The second kappa shape index (κ2) is 9.93. The molecule has 3 aromatic carbocycles. The first-order valence-electron chi connectivity index (χ1n) is 15.6. The van der Waals surface area contributed by atoms with Crippen LogP contribution in [0.25, 0.3) is 0 Å². The summed E-state index contributed by atoms with van der Waals surface area (Å²) in [6.07, 6.45) is 14.7. The van der Waals surface area contributed by atoms with Gasteiger partial charge in [-0.2, -0.15) is 0 Å². The standard InChI is InChI=1S/C37H40BrNO2/c1-22-6-8-23(9-7-22)21-41-36-32(38)15-27(16-34(36)40-2)35-30-5-3-4-29(30)31-17-28(10-11-33(31)39-35)37-18-24-12-25(19-37)14-26(13-24)20-37/h3-4,6-11,15-17,24-26,29-30,35,39H,5,12-14,18-21H2,1-2H3/t24?,25?,26?,29-,30+,35+,37?/m1/s1. The van der Waals surface area contributed by atoms with Crippen molar-refractivity contribution in [2.24, 2.45) is 23.7 Å². The molecule has 0 amide bonds. The Balaban J connectivity index is 1.08. The van der Waals surface area contributed by atoms with Crippen LogP contribution in [0.15, 0.2) is 71.2 Å². The molecule has 4 bridgehead atoms. The van der Waals surface area contributed by atoms with Crippen molar-refractivity contribution in [2.45, 2.75) is 75.9 Å². The largest absolute Gasteiger partial charge is 0.493 e. The van der Waals surface area contributed by atoms with Gasteiger partial charge in [-0.15, -0.1) is 0 Å². The molecule has 3 atom stereocenters. The summed E-state index contributed by atoms with van der Waals surface area (Å²) in [5, 5.41) is 3.99. The number of hydrogen-bond acceptors (Lipinski definition) is 3. The molecule has 212 valence electrons. The highest BCUT2D eigenvalue weighted by atomic mass is 79.9. The third-order valence-corrected chi connectivity index (χ3v) is 11.7. The van der Waals surface area contributed by atoms with Crippen LogP contribution in [0.5, 0.6) is 11.5 Å². The van der Waals surface area contributed by atoms with E-state index >= 15 is 0 Å². The zero-order valence-corrected chi connectivity index (χ0v) is 25.8. The van der Waals surface area contributed by atoms with Crippen molar-refractivity contribution in [3.05, 3.63) is 99.0 Å². The monoisotopic (exact) mass is 609 g/mol. The molecule has 1 N–H and O–H groups in total. The Bertz CT molecular complexity index is 1470. The predicted octanol–water partition coefficient (Wildman–Crippen LogP) is 9.64. The van der Waals surface area contributed by atoms with Crippen molar-refractivity contribution < 1.29 is 9.47 Å². The second-order valence-corrected chi connectivity index (χ2v) is 14.6. The van der Waals surface area contributed by atoms with Crippen molar-refractivity contribution in [2.75, 3.05) is 12.4 Å². The fraction of sp³-hybridized carbons (Fsp3) is 0.459. The Kier molecular flexibility index (Phi) is 6.29. The summed E-state index contributed by atoms with van der Waals surface area (Å²) in [7, 11) is 1.74. The van der Waals surface area contributed by atoms with E-state index in [-0.39, 0.29) is 6.04 Å². The number of halogens is 1. The van der Waals surface area contributed by atoms with Gasteiger partial charge in [-0.3, -0.25) is 0 Å². The summed E-state index contributed by atoms with van der Waals surface area (Å²) in [4.78, 5) is 0. The van der Waals surface area contributed by atoms with Gasteiger partial charge in [-0.1, -0.05) is 54.1 Å². The van der Waals surface area contributed by atoms with Crippen molar-refractivity contribution in [1.82, 2.24) is 0 Å². The first-order chi connectivity index (χ1) is 20.0. The summed E-state index contributed by atoms with van der Waals surface area (Å²) in [5.41, 5.74) is 8.52. The van der Waals surface area contributed by atoms with E-state index < -0.39 is 0 Å². The molecule has 9 rings (SSSR count). The lowest BCUT2D eigenvalue weighted by molar-refractivity contribution is -0.00523. The van der Waals surface area contributed by atoms with Crippen molar-refractivity contribution in [3.63, 3.8) is 0 Å². The van der Waals surface area contributed by atoms with E-state index in [1.165, 1.54) is 60.9 Å². The van der Waals surface area contributed by atoms with Crippen LogP contribution in [0.2, 0.25) is 0 Å². The van der Waals surface area contributed by atoms with Crippen LogP contribution in [0.3, 0.4) is 0 Å². The number of hydrogen-bond donors (Lipinski definition) is 1. The van der Waals surface area contributed by atoms with Gasteiger partial charge in [-0.25, -0.2) is 0 Å². The van der Waals surface area contributed by atoms with Gasteiger partial charge in [0.2, 0.25) is 0 Å². The molecule has 0 unspecified atom stereocenters. The average molecular weight is 611 g/mol. The smallest absolute Gasteiger partial charge is 0.175 e. The Hall–Kier alpha value is -2.72. The van der Waals surface area contributed by atoms with Crippen LogP contribution in [0.4, 0.5) is 5.69 Å². The minimum absolute atomic E-state index is 0.212. The number of anilines is 1. The fourth-order valence-corrected chi connectivity index (χ4v) is 10.2. The van der Waals surface area contributed by atoms with E-state index in [0.29, 0.717) is 23.9 Å². The molecule has 0 radical (unpaired) electrons. The Morgan fingerprint density at radius 3 is 2.37 bits per heavy atom. The van der Waals surface area contributed by atoms with E-state index in [9.17, 15) is 0 Å². The molecule has 0 aromatic heterocycles. The average Bonchev–Trinajstić information content (AvgIpc) is 3.46. The number of rotatable bonds is 6. The van der Waals surface area contributed by atoms with Gasteiger partial charge in [0.15, 0.2) is 11.5 Å². The summed E-state index contributed by atoms with van der Waals surface area (Å²) >= 11 is 3.83. The topological polar surface area (TPSA) is 30.5 Å². The van der Waals surface area contributed by atoms with Crippen molar-refractivity contribution in [1.29, 1.82) is 0 Å². The molecule has 0 spiro atoms. The molecule has 4 fully saturated rings. The van der Waals surface area contributed by atoms with Crippen molar-refractivity contribution in [3.8, 4) is 11.5 Å². The zero-order chi connectivity index (χ0) is 27.7. The third kappa shape index (κ3) is 4.44. The lowest BCUT2D eigenvalue weighted by atomic mass is 9.48. The van der Waals surface area contributed by atoms with Crippen LogP contribution in [-0.2, 0) is 12.0 Å². The number of aryl methyl sites for hydroxylation is 1. The van der Waals surface area contributed by atoms with Crippen molar-refractivity contribution >= 4 is 21.6 Å². The van der Waals surface area contributed by atoms with Gasteiger partial charge in [0.05, 0.1) is 17.6 Å². The Labute approximate surface area is 252 Å². The quantitative estimate of drug-likeness (QED) is 0.282. The fourth-order valence-electron chi connectivity index (χ4n) is 9.62. The van der Waals surface area contributed by atoms with Gasteiger partial charge in [0.1, 0.15) is 6.61 Å². The van der Waals surface area contributed by atoms with Crippen LogP contribution >= 0.6 is 15.9 Å². The molecule has 0 saturated heterocycles. The molecule has 5 aliphatic carbocycles. The van der Waals surface area contributed by atoms with Gasteiger partial charge >= 0.3 is 0 Å². The Morgan fingerprint density at radius 2 is 1.66 bits per heavy atom. The van der Waals surface area contributed by atoms with Crippen LogP contribution in [-0.4, -0.2) is 7.11 Å². The zero-order valence-electron chi connectivity index (χ0n) is 24.2. The molecule has 41 heavy (non-hydrogen) atoms. The number of fused-ring (bicyclic) bond motifs is 3. The molecule has 6 aliphatic rings. The summed E-state index contributed by atoms with van der Waals surface area (Å²) in [6.45, 7) is 2.61.